The Labute approximate surface area is 77.9 Å². The van der Waals surface area contributed by atoms with E-state index < -0.39 is 0 Å². The zero-order valence-corrected chi connectivity index (χ0v) is 7.86. The molecule has 1 unspecified atom stereocenters. The minimum Gasteiger partial charge on any atom is -0.508 e. The minimum absolute atomic E-state index is 0.0776. The van der Waals surface area contributed by atoms with Gasteiger partial charge in [-0.15, -0.1) is 0 Å². The monoisotopic (exact) mass is 182 g/mol. The Balaban J connectivity index is 2.41. The van der Waals surface area contributed by atoms with Gasteiger partial charge in [0, 0.05) is 7.11 Å². The lowest BCUT2D eigenvalue weighted by Gasteiger charge is -2.10. The summed E-state index contributed by atoms with van der Waals surface area (Å²) in [5.41, 5.74) is 0. The molecule has 0 saturated heterocycles. The molecule has 72 valence electrons. The molecular formula is C10H14O3. The number of methoxy groups -OCH3 is 1. The molecule has 13 heavy (non-hydrogen) atoms. The van der Waals surface area contributed by atoms with Crippen LogP contribution in [-0.2, 0) is 4.74 Å². The number of ether oxygens (including phenoxy) is 2. The molecule has 0 aliphatic rings. The topological polar surface area (TPSA) is 38.7 Å². The number of rotatable bonds is 4. The summed E-state index contributed by atoms with van der Waals surface area (Å²) in [7, 11) is 1.64. The van der Waals surface area contributed by atoms with E-state index in [0.717, 1.165) is 5.75 Å². The third-order valence-electron chi connectivity index (χ3n) is 1.72. The van der Waals surface area contributed by atoms with Crippen molar-refractivity contribution in [2.24, 2.45) is 0 Å². The van der Waals surface area contributed by atoms with Crippen LogP contribution in [0.15, 0.2) is 24.3 Å². The number of phenols is 1. The molecule has 0 bridgehead atoms. The van der Waals surface area contributed by atoms with Crippen LogP contribution < -0.4 is 4.74 Å². The second kappa shape index (κ2) is 4.72. The number of hydrogen-bond acceptors (Lipinski definition) is 3. The molecule has 1 rings (SSSR count). The molecular weight excluding hydrogens is 168 g/mol. The van der Waals surface area contributed by atoms with Gasteiger partial charge in [-0.2, -0.15) is 0 Å². The Hall–Kier alpha value is -1.22. The van der Waals surface area contributed by atoms with Gasteiger partial charge >= 0.3 is 0 Å². The highest BCUT2D eigenvalue weighted by Gasteiger charge is 2.00. The first-order chi connectivity index (χ1) is 6.22. The van der Waals surface area contributed by atoms with Crippen molar-refractivity contribution in [1.82, 2.24) is 0 Å². The van der Waals surface area contributed by atoms with Crippen molar-refractivity contribution in [3.05, 3.63) is 24.3 Å². The molecule has 0 radical (unpaired) electrons. The highest BCUT2D eigenvalue weighted by molar-refractivity contribution is 5.29. The van der Waals surface area contributed by atoms with Gasteiger partial charge in [-0.05, 0) is 31.2 Å². The number of aromatic hydroxyl groups is 1. The van der Waals surface area contributed by atoms with Crippen molar-refractivity contribution in [3.8, 4) is 11.5 Å². The summed E-state index contributed by atoms with van der Waals surface area (Å²) in [4.78, 5) is 0. The Bertz CT molecular complexity index is 243. The molecule has 0 heterocycles. The summed E-state index contributed by atoms with van der Waals surface area (Å²) < 4.78 is 10.4. The molecule has 3 heteroatoms. The Kier molecular flexibility index (Phi) is 3.58. The summed E-state index contributed by atoms with van der Waals surface area (Å²) in [6.45, 7) is 2.45. The van der Waals surface area contributed by atoms with Gasteiger partial charge in [0.15, 0.2) is 0 Å². The predicted octanol–water partition coefficient (Wildman–Crippen LogP) is 1.81. The summed E-state index contributed by atoms with van der Waals surface area (Å²) in [5.74, 6) is 0.980. The van der Waals surface area contributed by atoms with Crippen molar-refractivity contribution >= 4 is 0 Å². The van der Waals surface area contributed by atoms with Gasteiger partial charge in [0.2, 0.25) is 0 Å². The molecule has 0 aromatic heterocycles. The van der Waals surface area contributed by atoms with Crippen LogP contribution in [0.1, 0.15) is 6.92 Å². The lowest BCUT2D eigenvalue weighted by molar-refractivity contribution is 0.0716. The largest absolute Gasteiger partial charge is 0.508 e. The van der Waals surface area contributed by atoms with Gasteiger partial charge in [0.05, 0.1) is 6.10 Å². The average Bonchev–Trinajstić information content (AvgIpc) is 2.16. The fourth-order valence-corrected chi connectivity index (χ4v) is 0.824. The quantitative estimate of drug-likeness (QED) is 0.771. The SMILES string of the molecule is COC(C)COc1ccc(O)cc1. The normalized spacial score (nSPS) is 12.5. The first kappa shape index (κ1) is 9.86. The molecule has 0 aliphatic carbocycles. The van der Waals surface area contributed by atoms with Crippen molar-refractivity contribution in [1.29, 1.82) is 0 Å². The molecule has 0 saturated carbocycles. The van der Waals surface area contributed by atoms with Crippen molar-refractivity contribution < 1.29 is 14.6 Å². The van der Waals surface area contributed by atoms with Crippen LogP contribution in [0.2, 0.25) is 0 Å². The lowest BCUT2D eigenvalue weighted by atomic mass is 10.3. The first-order valence-electron chi connectivity index (χ1n) is 4.17. The Morgan fingerprint density at radius 3 is 2.46 bits per heavy atom. The molecule has 1 atom stereocenters. The maximum atomic E-state index is 9.00. The number of hydrogen-bond donors (Lipinski definition) is 1. The second-order valence-electron chi connectivity index (χ2n) is 2.85. The van der Waals surface area contributed by atoms with Crippen LogP contribution in [0, 0.1) is 0 Å². The average molecular weight is 182 g/mol. The highest BCUT2D eigenvalue weighted by Crippen LogP contribution is 2.15. The Morgan fingerprint density at radius 2 is 1.92 bits per heavy atom. The van der Waals surface area contributed by atoms with Crippen LogP contribution in [0.25, 0.3) is 0 Å². The maximum Gasteiger partial charge on any atom is 0.119 e. The van der Waals surface area contributed by atoms with Crippen LogP contribution >= 0.6 is 0 Å². The molecule has 0 spiro atoms. The van der Waals surface area contributed by atoms with Gasteiger partial charge < -0.3 is 14.6 Å². The van der Waals surface area contributed by atoms with Gasteiger partial charge in [0.1, 0.15) is 18.1 Å². The van der Waals surface area contributed by atoms with E-state index in [2.05, 4.69) is 0 Å². The Morgan fingerprint density at radius 1 is 1.31 bits per heavy atom. The molecule has 3 nitrogen and oxygen atoms in total. The highest BCUT2D eigenvalue weighted by atomic mass is 16.5. The van der Waals surface area contributed by atoms with E-state index in [1.165, 1.54) is 0 Å². The standard InChI is InChI=1S/C10H14O3/c1-8(12-2)7-13-10-5-3-9(11)4-6-10/h3-6,8,11H,7H2,1-2H3. The summed E-state index contributed by atoms with van der Waals surface area (Å²) in [6, 6.07) is 6.62. The molecule has 1 N–H and O–H groups in total. The minimum atomic E-state index is 0.0776. The first-order valence-corrected chi connectivity index (χ1v) is 4.17. The molecule has 0 aliphatic heterocycles. The number of benzene rings is 1. The van der Waals surface area contributed by atoms with Gasteiger partial charge in [-0.3, -0.25) is 0 Å². The summed E-state index contributed by atoms with van der Waals surface area (Å²) in [6.07, 6.45) is 0.0776. The smallest absolute Gasteiger partial charge is 0.119 e. The van der Waals surface area contributed by atoms with Crippen molar-refractivity contribution in [2.75, 3.05) is 13.7 Å². The van der Waals surface area contributed by atoms with E-state index in [4.69, 9.17) is 14.6 Å². The molecule has 0 amide bonds. The number of phenolic OH excluding ortho intramolecular Hbond substituents is 1. The van der Waals surface area contributed by atoms with E-state index in [0.29, 0.717) is 6.61 Å². The third-order valence-corrected chi connectivity index (χ3v) is 1.72. The lowest BCUT2D eigenvalue weighted by Crippen LogP contribution is -2.15. The van der Waals surface area contributed by atoms with E-state index in [9.17, 15) is 0 Å². The zero-order chi connectivity index (χ0) is 9.68. The fraction of sp³-hybridized carbons (Fsp3) is 0.400. The summed E-state index contributed by atoms with van der Waals surface area (Å²) >= 11 is 0. The summed E-state index contributed by atoms with van der Waals surface area (Å²) in [5, 5.41) is 9.00. The molecule has 0 fully saturated rings. The van der Waals surface area contributed by atoms with Crippen LogP contribution in [0.3, 0.4) is 0 Å². The third kappa shape index (κ3) is 3.34. The van der Waals surface area contributed by atoms with E-state index in [1.807, 2.05) is 6.92 Å². The van der Waals surface area contributed by atoms with Gasteiger partial charge in [-0.25, -0.2) is 0 Å². The maximum absolute atomic E-state index is 9.00. The van der Waals surface area contributed by atoms with Crippen LogP contribution in [0.4, 0.5) is 0 Å². The van der Waals surface area contributed by atoms with Crippen molar-refractivity contribution in [2.45, 2.75) is 13.0 Å². The van der Waals surface area contributed by atoms with E-state index >= 15 is 0 Å². The predicted molar refractivity (Wildman–Crippen MR) is 50.1 cm³/mol. The van der Waals surface area contributed by atoms with Gasteiger partial charge in [-0.1, -0.05) is 0 Å². The van der Waals surface area contributed by atoms with E-state index in [1.54, 1.807) is 31.4 Å². The fourth-order valence-electron chi connectivity index (χ4n) is 0.824. The zero-order valence-electron chi connectivity index (χ0n) is 7.86. The van der Waals surface area contributed by atoms with Crippen molar-refractivity contribution in [3.63, 3.8) is 0 Å². The molecule has 1 aromatic rings. The van der Waals surface area contributed by atoms with Crippen LogP contribution in [-0.4, -0.2) is 24.9 Å². The van der Waals surface area contributed by atoms with Gasteiger partial charge in [0.25, 0.3) is 0 Å². The van der Waals surface area contributed by atoms with E-state index in [-0.39, 0.29) is 11.9 Å². The van der Waals surface area contributed by atoms with Crippen LogP contribution in [0.5, 0.6) is 11.5 Å². The second-order valence-corrected chi connectivity index (χ2v) is 2.85. The molecule has 1 aromatic carbocycles.